The largest absolute Gasteiger partial charge is 0.324 e. The lowest BCUT2D eigenvalue weighted by atomic mass is 9.76. The zero-order valence-corrected chi connectivity index (χ0v) is 9.34. The number of nitrogens with two attached hydrogens (primary N) is 1. The third kappa shape index (κ3) is 1.11. The molecular formula is C13H23N. The molecule has 0 heterocycles. The molecule has 1 nitrogen and oxygen atoms in total. The standard InChI is InChI=1S/C13H23N/c1-9-5-7-10(8-6-9)13(14)11-3-2-4-12(11)13/h9-12H,2-8,14H2,1H3. The molecule has 0 aromatic rings. The lowest BCUT2D eigenvalue weighted by molar-refractivity contribution is 0.218. The van der Waals surface area contributed by atoms with Crippen molar-refractivity contribution in [2.24, 2.45) is 29.4 Å². The van der Waals surface area contributed by atoms with E-state index >= 15 is 0 Å². The van der Waals surface area contributed by atoms with Crippen LogP contribution in [-0.4, -0.2) is 5.54 Å². The van der Waals surface area contributed by atoms with Crippen LogP contribution in [0.3, 0.4) is 0 Å². The summed E-state index contributed by atoms with van der Waals surface area (Å²) in [6.45, 7) is 2.40. The van der Waals surface area contributed by atoms with E-state index in [2.05, 4.69) is 6.92 Å². The Morgan fingerprint density at radius 2 is 1.50 bits per heavy atom. The zero-order chi connectivity index (χ0) is 9.76. The topological polar surface area (TPSA) is 26.0 Å². The van der Waals surface area contributed by atoms with Crippen LogP contribution in [0.5, 0.6) is 0 Å². The van der Waals surface area contributed by atoms with Crippen LogP contribution in [-0.2, 0) is 0 Å². The first kappa shape index (κ1) is 9.21. The van der Waals surface area contributed by atoms with Crippen LogP contribution in [0.1, 0.15) is 51.9 Å². The summed E-state index contributed by atoms with van der Waals surface area (Å²) in [5, 5.41) is 0. The summed E-state index contributed by atoms with van der Waals surface area (Å²) in [7, 11) is 0. The first-order chi connectivity index (χ1) is 6.73. The number of rotatable bonds is 1. The summed E-state index contributed by atoms with van der Waals surface area (Å²) in [6.07, 6.45) is 10.0. The second-order valence-electron chi connectivity index (χ2n) is 6.10. The molecule has 2 N–H and O–H groups in total. The van der Waals surface area contributed by atoms with Crippen molar-refractivity contribution in [3.63, 3.8) is 0 Å². The van der Waals surface area contributed by atoms with Gasteiger partial charge in [0.15, 0.2) is 0 Å². The quantitative estimate of drug-likeness (QED) is 0.681. The number of hydrogen-bond acceptors (Lipinski definition) is 1. The van der Waals surface area contributed by atoms with Gasteiger partial charge in [-0.05, 0) is 49.4 Å². The van der Waals surface area contributed by atoms with Crippen molar-refractivity contribution in [1.29, 1.82) is 0 Å². The van der Waals surface area contributed by atoms with Gasteiger partial charge in [0, 0.05) is 5.54 Å². The molecule has 0 spiro atoms. The van der Waals surface area contributed by atoms with Gasteiger partial charge in [0.1, 0.15) is 0 Å². The van der Waals surface area contributed by atoms with Crippen LogP contribution in [0.2, 0.25) is 0 Å². The average Bonchev–Trinajstić information content (AvgIpc) is 2.63. The molecular weight excluding hydrogens is 170 g/mol. The van der Waals surface area contributed by atoms with Gasteiger partial charge in [-0.1, -0.05) is 26.2 Å². The smallest absolute Gasteiger partial charge is 0.0246 e. The first-order valence-electron chi connectivity index (χ1n) is 6.51. The van der Waals surface area contributed by atoms with Gasteiger partial charge in [-0.2, -0.15) is 0 Å². The highest BCUT2D eigenvalue weighted by molar-refractivity contribution is 5.21. The molecule has 3 fully saturated rings. The molecule has 2 atom stereocenters. The fourth-order valence-electron chi connectivity index (χ4n) is 4.41. The Kier molecular flexibility index (Phi) is 1.96. The molecule has 0 aromatic carbocycles. The second-order valence-corrected chi connectivity index (χ2v) is 6.10. The lowest BCUT2D eigenvalue weighted by Crippen LogP contribution is -2.39. The molecule has 1 heteroatoms. The van der Waals surface area contributed by atoms with Gasteiger partial charge >= 0.3 is 0 Å². The molecule has 3 saturated carbocycles. The Balaban J connectivity index is 1.66. The Hall–Kier alpha value is -0.0400. The summed E-state index contributed by atoms with van der Waals surface area (Å²) < 4.78 is 0. The summed E-state index contributed by atoms with van der Waals surface area (Å²) in [5.74, 6) is 3.71. The van der Waals surface area contributed by atoms with E-state index in [4.69, 9.17) is 5.73 Å². The molecule has 0 aliphatic heterocycles. The highest BCUT2D eigenvalue weighted by Gasteiger charge is 2.66. The molecule has 3 rings (SSSR count). The fourth-order valence-corrected chi connectivity index (χ4v) is 4.41. The third-order valence-electron chi connectivity index (χ3n) is 5.41. The second kappa shape index (κ2) is 2.98. The van der Waals surface area contributed by atoms with Crippen LogP contribution < -0.4 is 5.73 Å². The van der Waals surface area contributed by atoms with Gasteiger partial charge in [-0.3, -0.25) is 0 Å². The van der Waals surface area contributed by atoms with Gasteiger partial charge in [-0.25, -0.2) is 0 Å². The van der Waals surface area contributed by atoms with E-state index in [-0.39, 0.29) is 0 Å². The monoisotopic (exact) mass is 193 g/mol. The van der Waals surface area contributed by atoms with Gasteiger partial charge < -0.3 is 5.73 Å². The van der Waals surface area contributed by atoms with Gasteiger partial charge in [0.05, 0.1) is 0 Å². The molecule has 0 saturated heterocycles. The highest BCUT2D eigenvalue weighted by atomic mass is 14.9. The first-order valence-corrected chi connectivity index (χ1v) is 6.51. The predicted octanol–water partition coefficient (Wildman–Crippen LogP) is 2.94. The van der Waals surface area contributed by atoms with Crippen molar-refractivity contribution in [3.05, 3.63) is 0 Å². The van der Waals surface area contributed by atoms with Crippen LogP contribution >= 0.6 is 0 Å². The van der Waals surface area contributed by atoms with Crippen LogP contribution in [0.25, 0.3) is 0 Å². The molecule has 3 aliphatic carbocycles. The Labute approximate surface area is 87.4 Å². The van der Waals surface area contributed by atoms with E-state index in [0.717, 1.165) is 23.7 Å². The average molecular weight is 193 g/mol. The summed E-state index contributed by atoms with van der Waals surface area (Å²) in [6, 6.07) is 0. The third-order valence-corrected chi connectivity index (χ3v) is 5.41. The molecule has 0 bridgehead atoms. The molecule has 0 amide bonds. The van der Waals surface area contributed by atoms with E-state index in [0.29, 0.717) is 5.54 Å². The predicted molar refractivity (Wildman–Crippen MR) is 58.9 cm³/mol. The van der Waals surface area contributed by atoms with Crippen LogP contribution in [0, 0.1) is 23.7 Å². The van der Waals surface area contributed by atoms with E-state index in [1.54, 1.807) is 0 Å². The van der Waals surface area contributed by atoms with E-state index in [1.807, 2.05) is 0 Å². The van der Waals surface area contributed by atoms with Crippen molar-refractivity contribution in [1.82, 2.24) is 0 Å². The molecule has 0 radical (unpaired) electrons. The van der Waals surface area contributed by atoms with Gasteiger partial charge in [0.2, 0.25) is 0 Å². The molecule has 80 valence electrons. The number of fused-ring (bicyclic) bond motifs is 1. The molecule has 14 heavy (non-hydrogen) atoms. The molecule has 3 aliphatic rings. The Bertz CT molecular complexity index is 217. The normalized spacial score (nSPS) is 57.0. The van der Waals surface area contributed by atoms with E-state index in [1.165, 1.54) is 44.9 Å². The van der Waals surface area contributed by atoms with Crippen molar-refractivity contribution in [2.45, 2.75) is 57.4 Å². The van der Waals surface area contributed by atoms with Gasteiger partial charge in [0.25, 0.3) is 0 Å². The lowest BCUT2D eigenvalue weighted by Gasteiger charge is -2.33. The van der Waals surface area contributed by atoms with Crippen molar-refractivity contribution in [2.75, 3.05) is 0 Å². The summed E-state index contributed by atoms with van der Waals surface area (Å²) in [4.78, 5) is 0. The summed E-state index contributed by atoms with van der Waals surface area (Å²) in [5.41, 5.74) is 6.93. The fraction of sp³-hybridized carbons (Fsp3) is 1.00. The minimum absolute atomic E-state index is 0.318. The molecule has 0 aromatic heterocycles. The van der Waals surface area contributed by atoms with Crippen molar-refractivity contribution < 1.29 is 0 Å². The van der Waals surface area contributed by atoms with E-state index in [9.17, 15) is 0 Å². The highest BCUT2D eigenvalue weighted by Crippen LogP contribution is 2.64. The SMILES string of the molecule is CC1CCC(C2(N)C3CCCC32)CC1. The summed E-state index contributed by atoms with van der Waals surface area (Å²) >= 11 is 0. The Morgan fingerprint density at radius 1 is 0.929 bits per heavy atom. The van der Waals surface area contributed by atoms with Crippen LogP contribution in [0.15, 0.2) is 0 Å². The minimum atomic E-state index is 0.318. The van der Waals surface area contributed by atoms with Crippen molar-refractivity contribution in [3.8, 4) is 0 Å². The van der Waals surface area contributed by atoms with E-state index < -0.39 is 0 Å². The minimum Gasteiger partial charge on any atom is -0.324 e. The maximum Gasteiger partial charge on any atom is 0.0246 e. The molecule has 2 unspecified atom stereocenters. The maximum absolute atomic E-state index is 6.62. The zero-order valence-electron chi connectivity index (χ0n) is 9.34. The Morgan fingerprint density at radius 3 is 2.07 bits per heavy atom. The van der Waals surface area contributed by atoms with Crippen LogP contribution in [0.4, 0.5) is 0 Å². The van der Waals surface area contributed by atoms with Gasteiger partial charge in [-0.15, -0.1) is 0 Å². The van der Waals surface area contributed by atoms with Crippen molar-refractivity contribution >= 4 is 0 Å². The maximum atomic E-state index is 6.62. The number of hydrogen-bond donors (Lipinski definition) is 1.